The molecule has 0 aliphatic carbocycles. The van der Waals surface area contributed by atoms with Gasteiger partial charge in [-0.1, -0.05) is 29.8 Å². The molecular formula is C9H11ClFN. The monoisotopic (exact) mass is 187 g/mol. The number of nitrogens with two attached hydrogens (primary N) is 1. The van der Waals surface area contributed by atoms with Gasteiger partial charge in [0.05, 0.1) is 0 Å². The van der Waals surface area contributed by atoms with Gasteiger partial charge in [-0.05, 0) is 19.0 Å². The quantitative estimate of drug-likeness (QED) is 0.774. The van der Waals surface area contributed by atoms with E-state index in [4.69, 9.17) is 17.3 Å². The molecule has 0 heterocycles. The molecule has 0 bridgehead atoms. The van der Waals surface area contributed by atoms with Gasteiger partial charge in [0.1, 0.15) is 6.17 Å². The Labute approximate surface area is 76.3 Å². The van der Waals surface area contributed by atoms with Gasteiger partial charge < -0.3 is 5.73 Å². The van der Waals surface area contributed by atoms with Crippen molar-refractivity contribution in [1.82, 2.24) is 0 Å². The molecule has 3 heteroatoms. The number of hydrogen-bond acceptors (Lipinski definition) is 1. The fourth-order valence-corrected chi connectivity index (χ4v) is 1.29. The molecule has 0 amide bonds. The minimum atomic E-state index is -1.04. The van der Waals surface area contributed by atoms with Crippen molar-refractivity contribution in [3.63, 3.8) is 0 Å². The number of hydrogen-bond donors (Lipinski definition) is 1. The molecule has 0 aliphatic rings. The van der Waals surface area contributed by atoms with E-state index < -0.39 is 6.17 Å². The highest BCUT2D eigenvalue weighted by Gasteiger charge is 2.10. The van der Waals surface area contributed by atoms with E-state index in [1.807, 2.05) is 0 Å². The molecule has 2 N–H and O–H groups in total. The van der Waals surface area contributed by atoms with Crippen molar-refractivity contribution in [3.8, 4) is 0 Å². The largest absolute Gasteiger partial charge is 0.330 e. The average Bonchev–Trinajstić information content (AvgIpc) is 2.05. The molecule has 0 saturated heterocycles. The fourth-order valence-electron chi connectivity index (χ4n) is 1.03. The summed E-state index contributed by atoms with van der Waals surface area (Å²) >= 11 is 5.77. The Morgan fingerprint density at radius 1 is 1.42 bits per heavy atom. The predicted molar refractivity (Wildman–Crippen MR) is 49.0 cm³/mol. The summed E-state index contributed by atoms with van der Waals surface area (Å²) in [5.74, 6) is 0. The molecule has 0 fully saturated rings. The molecule has 1 nitrogen and oxygen atoms in total. The van der Waals surface area contributed by atoms with Crippen LogP contribution in [-0.2, 0) is 0 Å². The molecule has 1 aromatic carbocycles. The molecule has 1 unspecified atom stereocenters. The van der Waals surface area contributed by atoms with Gasteiger partial charge in [0.2, 0.25) is 0 Å². The van der Waals surface area contributed by atoms with Crippen LogP contribution in [0.5, 0.6) is 0 Å². The second-order valence-corrected chi connectivity index (χ2v) is 2.97. The van der Waals surface area contributed by atoms with Crippen LogP contribution in [0.2, 0.25) is 5.02 Å². The van der Waals surface area contributed by atoms with E-state index in [1.54, 1.807) is 24.3 Å². The summed E-state index contributed by atoms with van der Waals surface area (Å²) in [6, 6.07) is 6.91. The molecule has 0 spiro atoms. The normalized spacial score (nSPS) is 12.9. The molecule has 1 aromatic rings. The zero-order valence-corrected chi connectivity index (χ0v) is 7.39. The Morgan fingerprint density at radius 3 is 2.67 bits per heavy atom. The van der Waals surface area contributed by atoms with Gasteiger partial charge in [-0.25, -0.2) is 4.39 Å². The van der Waals surface area contributed by atoms with Crippen molar-refractivity contribution in [3.05, 3.63) is 34.9 Å². The third-order valence-corrected chi connectivity index (χ3v) is 2.01. The first-order chi connectivity index (χ1) is 5.75. The summed E-state index contributed by atoms with van der Waals surface area (Å²) in [6.07, 6.45) is -0.715. The highest BCUT2D eigenvalue weighted by atomic mass is 35.5. The summed E-state index contributed by atoms with van der Waals surface area (Å²) in [6.45, 7) is 0.340. The highest BCUT2D eigenvalue weighted by molar-refractivity contribution is 6.31. The average molecular weight is 188 g/mol. The zero-order valence-electron chi connectivity index (χ0n) is 6.63. The van der Waals surface area contributed by atoms with E-state index in [9.17, 15) is 4.39 Å². The lowest BCUT2D eigenvalue weighted by molar-refractivity contribution is 0.328. The van der Waals surface area contributed by atoms with Crippen LogP contribution in [0.3, 0.4) is 0 Å². The van der Waals surface area contributed by atoms with Crippen LogP contribution >= 0.6 is 11.6 Å². The fraction of sp³-hybridized carbons (Fsp3) is 0.333. The number of halogens is 2. The SMILES string of the molecule is NCCC(F)c1ccccc1Cl. The van der Waals surface area contributed by atoms with Crippen molar-refractivity contribution < 1.29 is 4.39 Å². The lowest BCUT2D eigenvalue weighted by Crippen LogP contribution is -2.03. The number of alkyl halides is 1. The van der Waals surface area contributed by atoms with Crippen LogP contribution in [-0.4, -0.2) is 6.54 Å². The van der Waals surface area contributed by atoms with E-state index in [0.717, 1.165) is 0 Å². The molecule has 1 rings (SSSR count). The molecular weight excluding hydrogens is 177 g/mol. The Kier molecular flexibility index (Phi) is 3.50. The molecule has 12 heavy (non-hydrogen) atoms. The summed E-state index contributed by atoms with van der Waals surface area (Å²) in [7, 11) is 0. The third-order valence-electron chi connectivity index (χ3n) is 1.66. The number of benzene rings is 1. The molecule has 66 valence electrons. The van der Waals surface area contributed by atoms with Crippen molar-refractivity contribution in [2.45, 2.75) is 12.6 Å². The summed E-state index contributed by atoms with van der Waals surface area (Å²) in [5, 5.41) is 0.471. The van der Waals surface area contributed by atoms with Crippen LogP contribution in [0, 0.1) is 0 Å². The van der Waals surface area contributed by atoms with Crippen LogP contribution in [0.15, 0.2) is 24.3 Å². The summed E-state index contributed by atoms with van der Waals surface area (Å²) in [4.78, 5) is 0. The zero-order chi connectivity index (χ0) is 8.97. The van der Waals surface area contributed by atoms with E-state index in [0.29, 0.717) is 23.6 Å². The maximum absolute atomic E-state index is 13.2. The molecule has 0 aliphatic heterocycles. The van der Waals surface area contributed by atoms with Crippen LogP contribution < -0.4 is 5.73 Å². The predicted octanol–water partition coefficient (Wildman–Crippen LogP) is 2.70. The third kappa shape index (κ3) is 2.19. The minimum absolute atomic E-state index is 0.323. The summed E-state index contributed by atoms with van der Waals surface area (Å²) in [5.41, 5.74) is 5.77. The second kappa shape index (κ2) is 4.43. The smallest absolute Gasteiger partial charge is 0.128 e. The van der Waals surface area contributed by atoms with Crippen LogP contribution in [0.4, 0.5) is 4.39 Å². The van der Waals surface area contributed by atoms with E-state index in [2.05, 4.69) is 0 Å². The Bertz CT molecular complexity index is 252. The first-order valence-corrected chi connectivity index (χ1v) is 4.22. The Balaban J connectivity index is 2.79. The van der Waals surface area contributed by atoms with Crippen LogP contribution in [0.1, 0.15) is 18.2 Å². The van der Waals surface area contributed by atoms with Gasteiger partial charge in [0.15, 0.2) is 0 Å². The van der Waals surface area contributed by atoms with E-state index in [-0.39, 0.29) is 0 Å². The maximum atomic E-state index is 13.2. The van der Waals surface area contributed by atoms with Crippen molar-refractivity contribution in [2.24, 2.45) is 5.73 Å². The maximum Gasteiger partial charge on any atom is 0.128 e. The topological polar surface area (TPSA) is 26.0 Å². The van der Waals surface area contributed by atoms with E-state index in [1.165, 1.54) is 0 Å². The Hall–Kier alpha value is -0.600. The van der Waals surface area contributed by atoms with Crippen LogP contribution in [0.25, 0.3) is 0 Å². The van der Waals surface area contributed by atoms with Gasteiger partial charge in [-0.15, -0.1) is 0 Å². The Morgan fingerprint density at radius 2 is 2.08 bits per heavy atom. The number of rotatable bonds is 3. The minimum Gasteiger partial charge on any atom is -0.330 e. The lowest BCUT2D eigenvalue weighted by atomic mass is 10.1. The molecule has 0 radical (unpaired) electrons. The van der Waals surface area contributed by atoms with Crippen molar-refractivity contribution in [1.29, 1.82) is 0 Å². The van der Waals surface area contributed by atoms with Gasteiger partial charge in [-0.3, -0.25) is 0 Å². The van der Waals surface area contributed by atoms with E-state index >= 15 is 0 Å². The van der Waals surface area contributed by atoms with Gasteiger partial charge in [0, 0.05) is 10.6 Å². The summed E-state index contributed by atoms with van der Waals surface area (Å²) < 4.78 is 13.2. The first-order valence-electron chi connectivity index (χ1n) is 3.84. The van der Waals surface area contributed by atoms with Crippen molar-refractivity contribution >= 4 is 11.6 Å². The lowest BCUT2D eigenvalue weighted by Gasteiger charge is -2.07. The van der Waals surface area contributed by atoms with Gasteiger partial charge >= 0.3 is 0 Å². The molecule has 0 saturated carbocycles. The molecule has 1 atom stereocenters. The highest BCUT2D eigenvalue weighted by Crippen LogP contribution is 2.27. The standard InChI is InChI=1S/C9H11ClFN/c10-8-4-2-1-3-7(8)9(11)5-6-12/h1-4,9H,5-6,12H2. The van der Waals surface area contributed by atoms with Crippen molar-refractivity contribution in [2.75, 3.05) is 6.54 Å². The van der Waals surface area contributed by atoms with Gasteiger partial charge in [0.25, 0.3) is 0 Å². The molecule has 0 aromatic heterocycles. The van der Waals surface area contributed by atoms with Gasteiger partial charge in [-0.2, -0.15) is 0 Å². The first kappa shape index (κ1) is 9.49. The second-order valence-electron chi connectivity index (χ2n) is 2.57.